The molecule has 0 fully saturated rings. The Balaban J connectivity index is 1.59. The van der Waals surface area contributed by atoms with Crippen molar-refractivity contribution in [2.75, 3.05) is 11.9 Å². The molecule has 3 heteroatoms. The van der Waals surface area contributed by atoms with Crippen molar-refractivity contribution in [3.05, 3.63) is 102 Å². The second kappa shape index (κ2) is 8.97. The number of para-hydroxylation sites is 1. The van der Waals surface area contributed by atoms with Gasteiger partial charge >= 0.3 is 0 Å². The molecule has 0 spiro atoms. The van der Waals surface area contributed by atoms with Gasteiger partial charge in [0.25, 0.3) is 0 Å². The van der Waals surface area contributed by atoms with Gasteiger partial charge in [-0.05, 0) is 36.1 Å². The topological polar surface area (TPSA) is 41.1 Å². The van der Waals surface area contributed by atoms with Gasteiger partial charge in [0.15, 0.2) is 0 Å². The van der Waals surface area contributed by atoms with Crippen molar-refractivity contribution in [2.45, 2.75) is 19.4 Å². The van der Waals surface area contributed by atoms with E-state index < -0.39 is 0 Å². The maximum Gasteiger partial charge on any atom is 0.238 e. The SMILES string of the molecule is C[C@@H](NCC(=O)Nc1ccccc1Cc1ccccc1)c1ccccc1. The Kier molecular flexibility index (Phi) is 6.18. The maximum atomic E-state index is 12.4. The minimum absolute atomic E-state index is 0.0340. The van der Waals surface area contributed by atoms with E-state index in [0.717, 1.165) is 17.7 Å². The monoisotopic (exact) mass is 344 g/mol. The van der Waals surface area contributed by atoms with E-state index in [2.05, 4.69) is 47.9 Å². The van der Waals surface area contributed by atoms with Crippen molar-refractivity contribution >= 4 is 11.6 Å². The van der Waals surface area contributed by atoms with Crippen LogP contribution in [0.25, 0.3) is 0 Å². The van der Waals surface area contributed by atoms with Crippen LogP contribution in [0.3, 0.4) is 0 Å². The third-order valence-electron chi connectivity index (χ3n) is 4.40. The third kappa shape index (κ3) is 5.04. The maximum absolute atomic E-state index is 12.4. The predicted molar refractivity (Wildman–Crippen MR) is 107 cm³/mol. The largest absolute Gasteiger partial charge is 0.325 e. The highest BCUT2D eigenvalue weighted by molar-refractivity contribution is 5.93. The van der Waals surface area contributed by atoms with Crippen LogP contribution in [0.1, 0.15) is 29.7 Å². The van der Waals surface area contributed by atoms with E-state index in [4.69, 9.17) is 0 Å². The second-order valence-electron chi connectivity index (χ2n) is 6.38. The number of hydrogen-bond donors (Lipinski definition) is 2. The lowest BCUT2D eigenvalue weighted by Gasteiger charge is -2.15. The van der Waals surface area contributed by atoms with E-state index in [-0.39, 0.29) is 18.5 Å². The molecular formula is C23H24N2O. The summed E-state index contributed by atoms with van der Waals surface area (Å²) in [5.41, 5.74) is 4.38. The van der Waals surface area contributed by atoms with Crippen molar-refractivity contribution in [3.63, 3.8) is 0 Å². The number of carbonyl (C=O) groups is 1. The van der Waals surface area contributed by atoms with Gasteiger partial charge in [0.05, 0.1) is 6.54 Å². The number of amides is 1. The molecule has 0 saturated carbocycles. The van der Waals surface area contributed by atoms with Crippen LogP contribution in [-0.4, -0.2) is 12.5 Å². The van der Waals surface area contributed by atoms with Gasteiger partial charge in [0.1, 0.15) is 0 Å². The van der Waals surface area contributed by atoms with Gasteiger partial charge < -0.3 is 10.6 Å². The Bertz CT molecular complexity index is 831. The molecule has 3 aromatic carbocycles. The van der Waals surface area contributed by atoms with Crippen LogP contribution < -0.4 is 10.6 Å². The van der Waals surface area contributed by atoms with Gasteiger partial charge in [-0.2, -0.15) is 0 Å². The van der Waals surface area contributed by atoms with Crippen molar-refractivity contribution < 1.29 is 4.79 Å². The zero-order chi connectivity index (χ0) is 18.2. The zero-order valence-corrected chi connectivity index (χ0v) is 15.0. The van der Waals surface area contributed by atoms with Crippen LogP contribution in [0, 0.1) is 0 Å². The average molecular weight is 344 g/mol. The fourth-order valence-electron chi connectivity index (χ4n) is 2.91. The van der Waals surface area contributed by atoms with Gasteiger partial charge in [-0.3, -0.25) is 4.79 Å². The van der Waals surface area contributed by atoms with E-state index in [1.54, 1.807) is 0 Å². The van der Waals surface area contributed by atoms with Gasteiger partial charge in [0.2, 0.25) is 5.91 Å². The quantitative estimate of drug-likeness (QED) is 0.659. The van der Waals surface area contributed by atoms with E-state index in [1.807, 2.05) is 54.6 Å². The molecule has 0 aliphatic heterocycles. The highest BCUT2D eigenvalue weighted by Crippen LogP contribution is 2.19. The minimum Gasteiger partial charge on any atom is -0.325 e. The number of hydrogen-bond acceptors (Lipinski definition) is 2. The summed E-state index contributed by atoms with van der Waals surface area (Å²) in [5.74, 6) is -0.0340. The second-order valence-corrected chi connectivity index (χ2v) is 6.38. The Hall–Kier alpha value is -2.91. The van der Waals surface area contributed by atoms with Crippen molar-refractivity contribution in [1.82, 2.24) is 5.32 Å². The molecule has 0 unspecified atom stereocenters. The van der Waals surface area contributed by atoms with Crippen LogP contribution in [-0.2, 0) is 11.2 Å². The van der Waals surface area contributed by atoms with Crippen LogP contribution in [0.2, 0.25) is 0 Å². The summed E-state index contributed by atoms with van der Waals surface area (Å²) in [5, 5.41) is 6.31. The Morgan fingerprint density at radius 2 is 1.46 bits per heavy atom. The molecule has 132 valence electrons. The molecule has 0 bridgehead atoms. The average Bonchev–Trinajstić information content (AvgIpc) is 2.69. The third-order valence-corrected chi connectivity index (χ3v) is 4.40. The molecule has 1 amide bonds. The molecule has 0 aliphatic rings. The number of benzene rings is 3. The van der Waals surface area contributed by atoms with Crippen molar-refractivity contribution in [1.29, 1.82) is 0 Å². The predicted octanol–water partition coefficient (Wildman–Crippen LogP) is 4.57. The fourth-order valence-corrected chi connectivity index (χ4v) is 2.91. The lowest BCUT2D eigenvalue weighted by Crippen LogP contribution is -2.30. The van der Waals surface area contributed by atoms with E-state index in [1.165, 1.54) is 11.1 Å². The number of nitrogens with one attached hydrogen (secondary N) is 2. The first kappa shape index (κ1) is 17.9. The van der Waals surface area contributed by atoms with Crippen LogP contribution >= 0.6 is 0 Å². The number of anilines is 1. The first-order chi connectivity index (χ1) is 12.7. The summed E-state index contributed by atoms with van der Waals surface area (Å²) < 4.78 is 0. The number of rotatable bonds is 7. The fraction of sp³-hybridized carbons (Fsp3) is 0.174. The molecule has 0 saturated heterocycles. The normalized spacial score (nSPS) is 11.7. The molecule has 0 heterocycles. The van der Waals surface area contributed by atoms with Crippen LogP contribution in [0.5, 0.6) is 0 Å². The molecule has 3 nitrogen and oxygen atoms in total. The van der Waals surface area contributed by atoms with Gasteiger partial charge in [0, 0.05) is 11.7 Å². The Labute approximate surface area is 155 Å². The standard InChI is InChI=1S/C23H24N2O/c1-18(20-12-6-3-7-13-20)24-17-23(26)25-22-15-9-8-14-21(22)16-19-10-4-2-5-11-19/h2-15,18,24H,16-17H2,1H3,(H,25,26)/t18-/m1/s1. The molecule has 3 rings (SSSR count). The molecule has 3 aromatic rings. The van der Waals surface area contributed by atoms with Crippen molar-refractivity contribution in [2.24, 2.45) is 0 Å². The lowest BCUT2D eigenvalue weighted by molar-refractivity contribution is -0.115. The van der Waals surface area contributed by atoms with E-state index in [9.17, 15) is 4.79 Å². The smallest absolute Gasteiger partial charge is 0.238 e. The summed E-state index contributed by atoms with van der Waals surface area (Å²) in [6.07, 6.45) is 0.797. The molecule has 0 aliphatic carbocycles. The van der Waals surface area contributed by atoms with E-state index >= 15 is 0 Å². The first-order valence-electron chi connectivity index (χ1n) is 8.92. The molecular weight excluding hydrogens is 320 g/mol. The summed E-state index contributed by atoms with van der Waals surface area (Å²) in [4.78, 5) is 12.4. The van der Waals surface area contributed by atoms with Crippen molar-refractivity contribution in [3.8, 4) is 0 Å². The van der Waals surface area contributed by atoms with Gasteiger partial charge in [-0.1, -0.05) is 78.9 Å². The highest BCUT2D eigenvalue weighted by atomic mass is 16.1. The Morgan fingerprint density at radius 3 is 2.19 bits per heavy atom. The summed E-state index contributed by atoms with van der Waals surface area (Å²) >= 11 is 0. The summed E-state index contributed by atoms with van der Waals surface area (Å²) in [6, 6.07) is 28.5. The first-order valence-corrected chi connectivity index (χ1v) is 8.92. The highest BCUT2D eigenvalue weighted by Gasteiger charge is 2.10. The van der Waals surface area contributed by atoms with Gasteiger partial charge in [-0.15, -0.1) is 0 Å². The minimum atomic E-state index is -0.0340. The molecule has 0 radical (unpaired) electrons. The number of carbonyl (C=O) groups excluding carboxylic acids is 1. The summed E-state index contributed by atoms with van der Waals surface area (Å²) in [6.45, 7) is 2.34. The van der Waals surface area contributed by atoms with Crippen LogP contribution in [0.15, 0.2) is 84.9 Å². The Morgan fingerprint density at radius 1 is 0.846 bits per heavy atom. The van der Waals surface area contributed by atoms with Crippen LogP contribution in [0.4, 0.5) is 5.69 Å². The molecule has 2 N–H and O–H groups in total. The molecule has 0 aromatic heterocycles. The molecule has 26 heavy (non-hydrogen) atoms. The lowest BCUT2D eigenvalue weighted by atomic mass is 10.0. The zero-order valence-electron chi connectivity index (χ0n) is 15.0. The van der Waals surface area contributed by atoms with Gasteiger partial charge in [-0.25, -0.2) is 0 Å². The summed E-state index contributed by atoms with van der Waals surface area (Å²) in [7, 11) is 0. The van der Waals surface area contributed by atoms with E-state index in [0.29, 0.717) is 0 Å². The molecule has 1 atom stereocenters.